The first-order chi connectivity index (χ1) is 13.5. The van der Waals surface area contributed by atoms with Gasteiger partial charge in [0.15, 0.2) is 0 Å². The van der Waals surface area contributed by atoms with E-state index in [-0.39, 0.29) is 24.1 Å². The molecule has 2 aliphatic carbocycles. The van der Waals surface area contributed by atoms with Gasteiger partial charge in [-0.2, -0.15) is 0 Å². The summed E-state index contributed by atoms with van der Waals surface area (Å²) in [7, 11) is 0. The zero-order chi connectivity index (χ0) is 19.9. The zero-order valence-electron chi connectivity index (χ0n) is 16.4. The fraction of sp³-hybridized carbons (Fsp3) is 0.500. The summed E-state index contributed by atoms with van der Waals surface area (Å²) in [5.74, 6) is 1.60. The molecule has 3 rings (SSSR count). The van der Waals surface area contributed by atoms with Crippen LogP contribution in [-0.2, 0) is 16.1 Å². The minimum atomic E-state index is -0.0755. The molecule has 2 atom stereocenters. The van der Waals surface area contributed by atoms with Crippen molar-refractivity contribution in [1.82, 2.24) is 5.32 Å². The van der Waals surface area contributed by atoms with E-state index in [4.69, 9.17) is 9.94 Å². The summed E-state index contributed by atoms with van der Waals surface area (Å²) in [5, 5.41) is 21.7. The van der Waals surface area contributed by atoms with Crippen molar-refractivity contribution in [3.63, 3.8) is 0 Å². The Labute approximate surface area is 166 Å². The predicted octanol–water partition coefficient (Wildman–Crippen LogP) is 4.26. The second kappa shape index (κ2) is 9.64. The summed E-state index contributed by atoms with van der Waals surface area (Å²) >= 11 is 0. The predicted molar refractivity (Wildman–Crippen MR) is 108 cm³/mol. The number of phenolic OH excluding ortho intramolecular Hbond substituents is 1. The maximum atomic E-state index is 12.5. The molecule has 6 nitrogen and oxygen atoms in total. The van der Waals surface area contributed by atoms with Gasteiger partial charge in [-0.1, -0.05) is 11.6 Å². The van der Waals surface area contributed by atoms with Crippen LogP contribution >= 0.6 is 0 Å². The van der Waals surface area contributed by atoms with Crippen LogP contribution in [0.5, 0.6) is 5.75 Å². The lowest BCUT2D eigenvalue weighted by Crippen LogP contribution is -2.31. The average Bonchev–Trinajstić information content (AvgIpc) is 2.72. The maximum absolute atomic E-state index is 12.5. The Bertz CT molecular complexity index is 757. The summed E-state index contributed by atoms with van der Waals surface area (Å²) in [5.41, 5.74) is 4.52. The third-order valence-corrected chi connectivity index (χ3v) is 5.58. The summed E-state index contributed by atoms with van der Waals surface area (Å²) in [6.07, 6.45) is 10.1. The molecule has 6 heteroatoms. The zero-order valence-corrected chi connectivity index (χ0v) is 16.4. The number of carbonyl (C=O) groups is 1. The van der Waals surface area contributed by atoms with Gasteiger partial charge in [-0.15, -0.1) is 0 Å². The Morgan fingerprint density at radius 3 is 2.86 bits per heavy atom. The second-order valence-corrected chi connectivity index (χ2v) is 7.82. The van der Waals surface area contributed by atoms with Crippen molar-refractivity contribution < 1.29 is 19.8 Å². The number of benzene rings is 1. The number of allylic oxidation sites excluding steroid dienone is 4. The van der Waals surface area contributed by atoms with Gasteiger partial charge < -0.3 is 15.2 Å². The fourth-order valence-corrected chi connectivity index (χ4v) is 3.88. The smallest absolute Gasteiger partial charge is 0.223 e. The normalized spacial score (nSPS) is 22.1. The monoisotopic (exact) mass is 386 g/mol. The number of hydrogen-bond donors (Lipinski definition) is 4. The number of aromatic hydroxyl groups is 1. The molecule has 0 saturated heterocycles. The van der Waals surface area contributed by atoms with Crippen molar-refractivity contribution in [2.75, 3.05) is 12.1 Å². The molecule has 0 spiro atoms. The van der Waals surface area contributed by atoms with E-state index in [2.05, 4.69) is 18.3 Å². The first-order valence-corrected chi connectivity index (χ1v) is 10.0. The highest BCUT2D eigenvalue weighted by Gasteiger charge is 2.23. The number of ether oxygens (including phenoxy) is 1. The van der Waals surface area contributed by atoms with Gasteiger partial charge >= 0.3 is 0 Å². The van der Waals surface area contributed by atoms with E-state index in [1.165, 1.54) is 18.1 Å². The quantitative estimate of drug-likeness (QED) is 0.319. The van der Waals surface area contributed by atoms with Gasteiger partial charge in [0.25, 0.3) is 0 Å². The van der Waals surface area contributed by atoms with Crippen molar-refractivity contribution in [2.24, 2.45) is 11.8 Å². The minimum absolute atomic E-state index is 0.0231. The van der Waals surface area contributed by atoms with E-state index >= 15 is 0 Å². The van der Waals surface area contributed by atoms with Crippen LogP contribution in [0.1, 0.15) is 51.0 Å². The highest BCUT2D eigenvalue weighted by molar-refractivity contribution is 5.79. The molecule has 0 aromatic heterocycles. The van der Waals surface area contributed by atoms with Gasteiger partial charge in [-0.05, 0) is 69.2 Å². The number of phenols is 1. The molecular weight excluding hydrogens is 356 g/mol. The third-order valence-electron chi connectivity index (χ3n) is 5.58. The van der Waals surface area contributed by atoms with Crippen molar-refractivity contribution in [1.29, 1.82) is 0 Å². The van der Waals surface area contributed by atoms with Crippen LogP contribution in [0.15, 0.2) is 41.7 Å². The van der Waals surface area contributed by atoms with Crippen molar-refractivity contribution in [3.8, 4) is 5.75 Å². The van der Waals surface area contributed by atoms with Crippen molar-refractivity contribution in [2.45, 2.75) is 52.0 Å². The number of rotatable bonds is 7. The highest BCUT2D eigenvalue weighted by atomic mass is 16.5. The Kier molecular flexibility index (Phi) is 6.98. The molecule has 1 aromatic carbocycles. The van der Waals surface area contributed by atoms with Gasteiger partial charge in [0.1, 0.15) is 5.75 Å². The van der Waals surface area contributed by atoms with E-state index in [0.717, 1.165) is 38.0 Å². The molecule has 0 fully saturated rings. The molecule has 0 heterocycles. The summed E-state index contributed by atoms with van der Waals surface area (Å²) in [6.45, 7) is 3.17. The summed E-state index contributed by atoms with van der Waals surface area (Å²) in [4.78, 5) is 12.5. The molecule has 152 valence electrons. The molecular formula is C22H30N2O4. The molecule has 1 unspecified atom stereocenters. The standard InChI is InChI=1S/C22H30N2O4/c1-15-3-2-4-16(11-15)14-28-20-8-5-17(6-9-20)22(26)23-13-18-12-19(24-27)7-10-21(18)25/h3,7-8,10,12,16-17,24-25,27H,2,4-6,9,11,13-14H2,1H3,(H,23,26)/t16?,17-/m1/s1. The lowest BCUT2D eigenvalue weighted by molar-refractivity contribution is -0.125. The van der Waals surface area contributed by atoms with Gasteiger partial charge in [0.05, 0.1) is 18.1 Å². The molecule has 0 aliphatic heterocycles. The van der Waals surface area contributed by atoms with Crippen LogP contribution in [0.2, 0.25) is 0 Å². The molecule has 28 heavy (non-hydrogen) atoms. The van der Waals surface area contributed by atoms with Crippen LogP contribution in [0.4, 0.5) is 5.69 Å². The Hall–Kier alpha value is -2.47. The molecule has 0 radical (unpaired) electrons. The van der Waals surface area contributed by atoms with E-state index in [0.29, 0.717) is 23.6 Å². The van der Waals surface area contributed by atoms with Crippen LogP contribution in [0.3, 0.4) is 0 Å². The first kappa shape index (κ1) is 20.3. The van der Waals surface area contributed by atoms with Gasteiger partial charge in [-0.3, -0.25) is 15.5 Å². The molecule has 1 aromatic rings. The van der Waals surface area contributed by atoms with Crippen LogP contribution < -0.4 is 10.8 Å². The SMILES string of the molecule is CC1=CCCC(COC2=CC[C@@H](C(=O)NCc3cc(NO)ccc3O)CC2)C1. The van der Waals surface area contributed by atoms with E-state index in [9.17, 15) is 9.90 Å². The first-order valence-electron chi connectivity index (χ1n) is 10.0. The summed E-state index contributed by atoms with van der Waals surface area (Å²) < 4.78 is 6.01. The van der Waals surface area contributed by atoms with E-state index < -0.39 is 0 Å². The summed E-state index contributed by atoms with van der Waals surface area (Å²) in [6, 6.07) is 4.64. The molecule has 2 aliphatic rings. The van der Waals surface area contributed by atoms with Crippen LogP contribution in [-0.4, -0.2) is 22.8 Å². The van der Waals surface area contributed by atoms with Crippen LogP contribution in [0.25, 0.3) is 0 Å². The average molecular weight is 386 g/mol. The van der Waals surface area contributed by atoms with Crippen LogP contribution in [0, 0.1) is 11.8 Å². The second-order valence-electron chi connectivity index (χ2n) is 7.82. The number of nitrogens with one attached hydrogen (secondary N) is 2. The Morgan fingerprint density at radius 2 is 2.14 bits per heavy atom. The van der Waals surface area contributed by atoms with E-state index in [1.807, 2.05) is 11.6 Å². The maximum Gasteiger partial charge on any atom is 0.223 e. The molecule has 4 N–H and O–H groups in total. The number of carbonyl (C=O) groups excluding carboxylic acids is 1. The minimum Gasteiger partial charge on any atom is -0.508 e. The molecule has 0 bridgehead atoms. The van der Waals surface area contributed by atoms with Gasteiger partial charge in [-0.25, -0.2) is 0 Å². The molecule has 0 saturated carbocycles. The largest absolute Gasteiger partial charge is 0.508 e. The molecule has 1 amide bonds. The lowest BCUT2D eigenvalue weighted by Gasteiger charge is -2.25. The number of amides is 1. The third kappa shape index (κ3) is 5.52. The van der Waals surface area contributed by atoms with E-state index in [1.54, 1.807) is 12.1 Å². The Balaban J connectivity index is 1.43. The number of hydrogen-bond acceptors (Lipinski definition) is 5. The highest BCUT2D eigenvalue weighted by Crippen LogP contribution is 2.28. The van der Waals surface area contributed by atoms with Crippen molar-refractivity contribution >= 4 is 11.6 Å². The Morgan fingerprint density at radius 1 is 1.29 bits per heavy atom. The van der Waals surface area contributed by atoms with Gasteiger partial charge in [0, 0.05) is 24.4 Å². The van der Waals surface area contributed by atoms with Gasteiger partial charge in [0.2, 0.25) is 5.91 Å². The van der Waals surface area contributed by atoms with Crippen molar-refractivity contribution in [3.05, 3.63) is 47.2 Å². The number of anilines is 1. The topological polar surface area (TPSA) is 90.8 Å². The fourth-order valence-electron chi connectivity index (χ4n) is 3.88. The lowest BCUT2D eigenvalue weighted by atomic mass is 9.90.